The average molecular weight is 232 g/mol. The molecule has 17 heavy (non-hydrogen) atoms. The Labute approximate surface area is 97.6 Å². The average Bonchev–Trinajstić information content (AvgIpc) is 2.73. The predicted octanol–water partition coefficient (Wildman–Crippen LogP) is 1.15. The summed E-state index contributed by atoms with van der Waals surface area (Å²) in [7, 11) is 1.74. The van der Waals surface area contributed by atoms with Gasteiger partial charge in [0.15, 0.2) is 0 Å². The molecule has 2 heterocycles. The van der Waals surface area contributed by atoms with Crippen LogP contribution < -0.4 is 5.32 Å². The predicted molar refractivity (Wildman–Crippen MR) is 59.2 cm³/mol. The number of aryl methyl sites for hydroxylation is 1. The molecular weight excluding hydrogens is 220 g/mol. The van der Waals surface area contributed by atoms with Gasteiger partial charge in [-0.1, -0.05) is 0 Å². The molecule has 1 aliphatic rings. The maximum atomic E-state index is 11.9. The summed E-state index contributed by atoms with van der Waals surface area (Å²) in [5, 5.41) is 6.64. The molecule has 2 aromatic heterocycles. The first-order valence-corrected chi connectivity index (χ1v) is 5.44. The van der Waals surface area contributed by atoms with Crippen molar-refractivity contribution in [3.05, 3.63) is 30.5 Å². The second-order valence-corrected chi connectivity index (χ2v) is 4.16. The Morgan fingerprint density at radius 1 is 1.65 bits per heavy atom. The number of hydrogen-bond acceptors (Lipinski definition) is 4. The Morgan fingerprint density at radius 3 is 3.18 bits per heavy atom. The zero-order valence-electron chi connectivity index (χ0n) is 9.33. The third-order valence-corrected chi connectivity index (χ3v) is 2.98. The van der Waals surface area contributed by atoms with Gasteiger partial charge in [-0.15, -0.1) is 0 Å². The van der Waals surface area contributed by atoms with E-state index in [0.29, 0.717) is 5.95 Å². The molecular formula is C11H12N4O2. The van der Waals surface area contributed by atoms with E-state index in [2.05, 4.69) is 15.4 Å². The fourth-order valence-corrected chi connectivity index (χ4v) is 1.91. The van der Waals surface area contributed by atoms with Crippen molar-refractivity contribution in [2.75, 3.05) is 5.32 Å². The van der Waals surface area contributed by atoms with Crippen molar-refractivity contribution in [3.8, 4) is 0 Å². The van der Waals surface area contributed by atoms with Gasteiger partial charge >= 0.3 is 0 Å². The first-order chi connectivity index (χ1) is 8.25. The first-order valence-electron chi connectivity index (χ1n) is 5.44. The summed E-state index contributed by atoms with van der Waals surface area (Å²) in [5.74, 6) is 1.52. The summed E-state index contributed by atoms with van der Waals surface area (Å²) in [4.78, 5) is 15.8. The highest BCUT2D eigenvalue weighted by molar-refractivity contribution is 5.93. The lowest BCUT2D eigenvalue weighted by Crippen LogP contribution is -2.17. The van der Waals surface area contributed by atoms with E-state index < -0.39 is 0 Å². The molecule has 0 saturated heterocycles. The SMILES string of the molecule is Cn1ncnc1NC(=O)[C@@H]1C[C@@H]1c1ccco1. The smallest absolute Gasteiger partial charge is 0.230 e. The third-order valence-electron chi connectivity index (χ3n) is 2.98. The Hall–Kier alpha value is -2.11. The largest absolute Gasteiger partial charge is 0.469 e. The second-order valence-electron chi connectivity index (χ2n) is 4.16. The maximum Gasteiger partial charge on any atom is 0.230 e. The molecule has 1 fully saturated rings. The van der Waals surface area contributed by atoms with Crippen LogP contribution in [0.4, 0.5) is 5.95 Å². The lowest BCUT2D eigenvalue weighted by Gasteiger charge is -2.02. The highest BCUT2D eigenvalue weighted by Gasteiger charge is 2.46. The van der Waals surface area contributed by atoms with E-state index in [4.69, 9.17) is 4.42 Å². The topological polar surface area (TPSA) is 73.0 Å². The van der Waals surface area contributed by atoms with Crippen LogP contribution in [0.2, 0.25) is 0 Å². The summed E-state index contributed by atoms with van der Waals surface area (Å²) >= 11 is 0. The van der Waals surface area contributed by atoms with Crippen LogP contribution in [0.1, 0.15) is 18.1 Å². The lowest BCUT2D eigenvalue weighted by molar-refractivity contribution is -0.117. The summed E-state index contributed by atoms with van der Waals surface area (Å²) in [6.07, 6.45) is 3.87. The van der Waals surface area contributed by atoms with Crippen molar-refractivity contribution in [1.29, 1.82) is 0 Å². The molecule has 1 aliphatic carbocycles. The van der Waals surface area contributed by atoms with Crippen LogP contribution >= 0.6 is 0 Å². The zero-order valence-corrected chi connectivity index (χ0v) is 9.33. The number of hydrogen-bond donors (Lipinski definition) is 1. The van der Waals surface area contributed by atoms with Gasteiger partial charge < -0.3 is 4.42 Å². The minimum absolute atomic E-state index is 0.0159. The van der Waals surface area contributed by atoms with E-state index in [1.807, 2.05) is 12.1 Å². The number of amides is 1. The quantitative estimate of drug-likeness (QED) is 0.861. The van der Waals surface area contributed by atoms with Gasteiger partial charge in [-0.3, -0.25) is 10.1 Å². The van der Waals surface area contributed by atoms with Gasteiger partial charge in [0.05, 0.1) is 6.26 Å². The van der Waals surface area contributed by atoms with Gasteiger partial charge in [0.25, 0.3) is 0 Å². The minimum Gasteiger partial charge on any atom is -0.469 e. The fourth-order valence-electron chi connectivity index (χ4n) is 1.91. The second kappa shape index (κ2) is 3.73. The lowest BCUT2D eigenvalue weighted by atomic mass is 10.2. The summed E-state index contributed by atoms with van der Waals surface area (Å²) < 4.78 is 6.81. The Balaban J connectivity index is 1.64. The van der Waals surface area contributed by atoms with Gasteiger partial charge in [0, 0.05) is 18.9 Å². The molecule has 88 valence electrons. The number of anilines is 1. The van der Waals surface area contributed by atoms with E-state index in [0.717, 1.165) is 12.2 Å². The summed E-state index contributed by atoms with van der Waals surface area (Å²) in [6.45, 7) is 0. The van der Waals surface area contributed by atoms with Crippen molar-refractivity contribution in [2.24, 2.45) is 13.0 Å². The molecule has 0 aliphatic heterocycles. The zero-order chi connectivity index (χ0) is 11.8. The van der Waals surface area contributed by atoms with E-state index in [9.17, 15) is 4.79 Å². The molecule has 2 aromatic rings. The van der Waals surface area contributed by atoms with E-state index in [1.54, 1.807) is 13.3 Å². The molecule has 0 unspecified atom stereocenters. The molecule has 0 aromatic carbocycles. The summed E-state index contributed by atoms with van der Waals surface area (Å²) in [6, 6.07) is 3.74. The highest BCUT2D eigenvalue weighted by Crippen LogP contribution is 2.47. The van der Waals surface area contributed by atoms with Crippen molar-refractivity contribution in [2.45, 2.75) is 12.3 Å². The van der Waals surface area contributed by atoms with Gasteiger partial charge in [0.1, 0.15) is 12.1 Å². The minimum atomic E-state index is -0.0255. The number of nitrogens with one attached hydrogen (secondary N) is 1. The maximum absolute atomic E-state index is 11.9. The molecule has 1 N–H and O–H groups in total. The molecule has 0 spiro atoms. The van der Waals surface area contributed by atoms with Crippen molar-refractivity contribution in [3.63, 3.8) is 0 Å². The molecule has 6 nitrogen and oxygen atoms in total. The third kappa shape index (κ3) is 1.82. The van der Waals surface area contributed by atoms with Gasteiger partial charge in [0.2, 0.25) is 11.9 Å². The van der Waals surface area contributed by atoms with Crippen LogP contribution in [-0.2, 0) is 11.8 Å². The van der Waals surface area contributed by atoms with E-state index in [1.165, 1.54) is 11.0 Å². The van der Waals surface area contributed by atoms with E-state index in [-0.39, 0.29) is 17.7 Å². The van der Waals surface area contributed by atoms with Crippen LogP contribution in [0.15, 0.2) is 29.1 Å². The highest BCUT2D eigenvalue weighted by atomic mass is 16.3. The number of nitrogens with zero attached hydrogens (tertiary/aromatic N) is 3. The number of aromatic nitrogens is 3. The van der Waals surface area contributed by atoms with Gasteiger partial charge in [-0.25, -0.2) is 4.68 Å². The molecule has 3 rings (SSSR count). The van der Waals surface area contributed by atoms with Crippen LogP contribution in [0, 0.1) is 5.92 Å². The molecule has 0 radical (unpaired) electrons. The number of carbonyl (C=O) groups is 1. The normalized spacial score (nSPS) is 22.4. The van der Waals surface area contributed by atoms with Crippen LogP contribution in [0.25, 0.3) is 0 Å². The Kier molecular flexibility index (Phi) is 2.21. The Bertz CT molecular complexity index is 531. The number of carbonyl (C=O) groups excluding carboxylic acids is 1. The molecule has 0 bridgehead atoms. The number of rotatable bonds is 3. The molecule has 2 atom stereocenters. The standard InChI is InChI=1S/C11H12N4O2/c1-15-11(12-6-13-15)14-10(16)8-5-7(8)9-3-2-4-17-9/h2-4,6-8H,5H2,1H3,(H,12,13,14,16)/t7-,8+/m0/s1. The molecule has 1 amide bonds. The summed E-state index contributed by atoms with van der Waals surface area (Å²) in [5.41, 5.74) is 0. The molecule has 1 saturated carbocycles. The van der Waals surface area contributed by atoms with Crippen molar-refractivity contribution >= 4 is 11.9 Å². The first kappa shape index (κ1) is 10.1. The van der Waals surface area contributed by atoms with Gasteiger partial charge in [-0.05, 0) is 18.6 Å². The monoisotopic (exact) mass is 232 g/mol. The Morgan fingerprint density at radius 2 is 2.53 bits per heavy atom. The van der Waals surface area contributed by atoms with Crippen LogP contribution in [0.3, 0.4) is 0 Å². The van der Waals surface area contributed by atoms with Crippen molar-refractivity contribution < 1.29 is 9.21 Å². The van der Waals surface area contributed by atoms with E-state index >= 15 is 0 Å². The molecule has 6 heteroatoms. The van der Waals surface area contributed by atoms with Crippen LogP contribution in [-0.4, -0.2) is 20.7 Å². The number of furan rings is 1. The van der Waals surface area contributed by atoms with Crippen molar-refractivity contribution in [1.82, 2.24) is 14.8 Å². The van der Waals surface area contributed by atoms with Crippen LogP contribution in [0.5, 0.6) is 0 Å². The fraction of sp³-hybridized carbons (Fsp3) is 0.364. The van der Waals surface area contributed by atoms with Gasteiger partial charge in [-0.2, -0.15) is 10.1 Å².